The van der Waals surface area contributed by atoms with Gasteiger partial charge in [0, 0.05) is 12.6 Å². The number of carboxylic acid groups (broad SMARTS) is 1. The molecule has 3 N–H and O–H groups in total. The second-order valence-electron chi connectivity index (χ2n) is 5.93. The van der Waals surface area contributed by atoms with Crippen LogP contribution in [0.2, 0.25) is 0 Å². The molecule has 0 heterocycles. The number of carbonyl (C=O) groups excluding carboxylic acids is 1. The van der Waals surface area contributed by atoms with Gasteiger partial charge in [0.2, 0.25) is 0 Å². The highest BCUT2D eigenvalue weighted by molar-refractivity contribution is 5.75. The Morgan fingerprint density at radius 2 is 1.95 bits per heavy atom. The number of carbonyl (C=O) groups is 2. The molecule has 0 saturated heterocycles. The molecule has 0 aromatic rings. The molecule has 0 aliphatic heterocycles. The Kier molecular flexibility index (Phi) is 7.91. The predicted octanol–water partition coefficient (Wildman–Crippen LogP) is 1.77. The number of nitrogens with one attached hydrogen (secondary N) is 2. The molecule has 0 saturated carbocycles. The smallest absolute Gasteiger partial charge is 0.315 e. The fraction of sp³-hybridized carbons (Fsp3) is 0.714. The van der Waals surface area contributed by atoms with Crippen molar-refractivity contribution in [3.8, 4) is 0 Å². The first kappa shape index (κ1) is 18.4. The van der Waals surface area contributed by atoms with E-state index in [-0.39, 0.29) is 17.9 Å². The summed E-state index contributed by atoms with van der Waals surface area (Å²) in [7, 11) is 0. The van der Waals surface area contributed by atoms with Gasteiger partial charge >= 0.3 is 12.0 Å². The number of amides is 2. The highest BCUT2D eigenvalue weighted by Gasteiger charge is 2.28. The molecule has 0 rings (SSSR count). The summed E-state index contributed by atoms with van der Waals surface area (Å²) >= 11 is 0. The maximum absolute atomic E-state index is 11.7. The molecular weight excluding hydrogens is 260 g/mol. The van der Waals surface area contributed by atoms with Gasteiger partial charge < -0.3 is 20.5 Å². The molecule has 0 spiro atoms. The number of hydrogen-bond donors (Lipinski definition) is 3. The van der Waals surface area contributed by atoms with E-state index in [0.717, 1.165) is 5.57 Å². The SMILES string of the molecule is C=C(C)COCCNC(=O)NC(CC(=O)O)C(C)(C)C. The van der Waals surface area contributed by atoms with Crippen LogP contribution in [0.15, 0.2) is 12.2 Å². The summed E-state index contributed by atoms with van der Waals surface area (Å²) in [5.74, 6) is -0.935. The largest absolute Gasteiger partial charge is 0.481 e. The first-order chi connectivity index (χ1) is 9.12. The monoisotopic (exact) mass is 286 g/mol. The Morgan fingerprint density at radius 1 is 1.35 bits per heavy atom. The van der Waals surface area contributed by atoms with Crippen LogP contribution in [0.3, 0.4) is 0 Å². The van der Waals surface area contributed by atoms with E-state index < -0.39 is 12.0 Å². The van der Waals surface area contributed by atoms with E-state index in [1.54, 1.807) is 0 Å². The molecule has 2 amide bonds. The second kappa shape index (κ2) is 8.58. The molecule has 20 heavy (non-hydrogen) atoms. The lowest BCUT2D eigenvalue weighted by molar-refractivity contribution is -0.138. The Morgan fingerprint density at radius 3 is 2.40 bits per heavy atom. The molecule has 116 valence electrons. The first-order valence-electron chi connectivity index (χ1n) is 6.61. The fourth-order valence-electron chi connectivity index (χ4n) is 1.44. The lowest BCUT2D eigenvalue weighted by atomic mass is 9.85. The molecule has 0 aromatic heterocycles. The van der Waals surface area contributed by atoms with Gasteiger partial charge in [-0.2, -0.15) is 0 Å². The minimum absolute atomic E-state index is 0.108. The highest BCUT2D eigenvalue weighted by Crippen LogP contribution is 2.21. The Balaban J connectivity index is 4.07. The Labute approximate surface area is 120 Å². The summed E-state index contributed by atoms with van der Waals surface area (Å²) < 4.78 is 5.25. The van der Waals surface area contributed by atoms with Crippen molar-refractivity contribution in [3.05, 3.63) is 12.2 Å². The minimum atomic E-state index is -0.935. The van der Waals surface area contributed by atoms with Gasteiger partial charge in [-0.15, -0.1) is 0 Å². The molecule has 1 unspecified atom stereocenters. The van der Waals surface area contributed by atoms with Crippen LogP contribution in [0.5, 0.6) is 0 Å². The zero-order valence-electron chi connectivity index (χ0n) is 12.8. The van der Waals surface area contributed by atoms with Crippen LogP contribution in [0, 0.1) is 5.41 Å². The van der Waals surface area contributed by atoms with Crippen molar-refractivity contribution in [2.45, 2.75) is 40.2 Å². The van der Waals surface area contributed by atoms with E-state index in [4.69, 9.17) is 9.84 Å². The predicted molar refractivity (Wildman–Crippen MR) is 77.7 cm³/mol. The van der Waals surface area contributed by atoms with Crippen molar-refractivity contribution in [2.24, 2.45) is 5.41 Å². The summed E-state index contributed by atoms with van der Waals surface area (Å²) in [4.78, 5) is 22.5. The molecule has 0 radical (unpaired) electrons. The summed E-state index contributed by atoms with van der Waals surface area (Å²) in [5.41, 5.74) is 0.593. The lowest BCUT2D eigenvalue weighted by Crippen LogP contribution is -2.49. The standard InChI is InChI=1S/C14H26N2O4/c1-10(2)9-20-7-6-15-13(19)16-11(8-12(17)18)14(3,4)5/h11H,1,6-9H2,2-5H3,(H,17,18)(H2,15,16,19). The van der Waals surface area contributed by atoms with E-state index >= 15 is 0 Å². The number of hydrogen-bond acceptors (Lipinski definition) is 3. The van der Waals surface area contributed by atoms with E-state index in [9.17, 15) is 9.59 Å². The Hall–Kier alpha value is -1.56. The number of carboxylic acids is 1. The average Bonchev–Trinajstić information content (AvgIpc) is 2.25. The van der Waals surface area contributed by atoms with Gasteiger partial charge in [-0.1, -0.05) is 32.9 Å². The maximum atomic E-state index is 11.7. The molecular formula is C14H26N2O4. The van der Waals surface area contributed by atoms with Gasteiger partial charge in [0.1, 0.15) is 0 Å². The van der Waals surface area contributed by atoms with E-state index in [1.807, 2.05) is 27.7 Å². The highest BCUT2D eigenvalue weighted by atomic mass is 16.5. The van der Waals surface area contributed by atoms with Crippen LogP contribution >= 0.6 is 0 Å². The number of aliphatic carboxylic acids is 1. The molecule has 6 heteroatoms. The van der Waals surface area contributed by atoms with Gasteiger partial charge in [0.25, 0.3) is 0 Å². The zero-order valence-corrected chi connectivity index (χ0v) is 12.8. The summed E-state index contributed by atoms with van der Waals surface area (Å²) in [6, 6.07) is -0.818. The third kappa shape index (κ3) is 9.38. The fourth-order valence-corrected chi connectivity index (χ4v) is 1.44. The number of ether oxygens (including phenoxy) is 1. The summed E-state index contributed by atoms with van der Waals surface area (Å²) in [6.07, 6.45) is -0.108. The van der Waals surface area contributed by atoms with Gasteiger partial charge in [-0.05, 0) is 12.3 Å². The second-order valence-corrected chi connectivity index (χ2v) is 5.93. The number of urea groups is 1. The van der Waals surface area contributed by atoms with E-state index in [0.29, 0.717) is 19.8 Å². The number of rotatable bonds is 8. The molecule has 6 nitrogen and oxygen atoms in total. The van der Waals surface area contributed by atoms with Crippen molar-refractivity contribution >= 4 is 12.0 Å². The van der Waals surface area contributed by atoms with Crippen LogP contribution < -0.4 is 10.6 Å². The van der Waals surface area contributed by atoms with Crippen molar-refractivity contribution < 1.29 is 19.4 Å². The van der Waals surface area contributed by atoms with Gasteiger partial charge in [-0.25, -0.2) is 4.79 Å². The zero-order chi connectivity index (χ0) is 15.8. The van der Waals surface area contributed by atoms with Crippen molar-refractivity contribution in [3.63, 3.8) is 0 Å². The van der Waals surface area contributed by atoms with Gasteiger partial charge in [-0.3, -0.25) is 4.79 Å². The van der Waals surface area contributed by atoms with Crippen LogP contribution in [0.25, 0.3) is 0 Å². The van der Waals surface area contributed by atoms with Gasteiger partial charge in [0.05, 0.1) is 19.6 Å². The molecule has 1 atom stereocenters. The Bertz CT molecular complexity index is 348. The van der Waals surface area contributed by atoms with Crippen LogP contribution in [0.4, 0.5) is 4.79 Å². The topological polar surface area (TPSA) is 87.7 Å². The van der Waals surface area contributed by atoms with Gasteiger partial charge in [0.15, 0.2) is 0 Å². The van der Waals surface area contributed by atoms with Crippen molar-refractivity contribution in [2.75, 3.05) is 19.8 Å². The average molecular weight is 286 g/mol. The van der Waals surface area contributed by atoms with Crippen molar-refractivity contribution in [1.82, 2.24) is 10.6 Å². The summed E-state index contributed by atoms with van der Waals surface area (Å²) in [6.45, 7) is 12.4. The molecule has 0 bridgehead atoms. The molecule has 0 aliphatic rings. The van der Waals surface area contributed by atoms with Crippen LogP contribution in [0.1, 0.15) is 34.1 Å². The minimum Gasteiger partial charge on any atom is -0.481 e. The van der Waals surface area contributed by atoms with E-state index in [1.165, 1.54) is 0 Å². The maximum Gasteiger partial charge on any atom is 0.315 e. The molecule has 0 fully saturated rings. The third-order valence-corrected chi connectivity index (χ3v) is 2.61. The summed E-state index contributed by atoms with van der Waals surface area (Å²) in [5, 5.41) is 14.2. The first-order valence-corrected chi connectivity index (χ1v) is 6.61. The molecule has 0 aromatic carbocycles. The lowest BCUT2D eigenvalue weighted by Gasteiger charge is -2.30. The van der Waals surface area contributed by atoms with Crippen molar-refractivity contribution in [1.29, 1.82) is 0 Å². The normalized spacial score (nSPS) is 12.6. The van der Waals surface area contributed by atoms with Crippen LogP contribution in [-0.2, 0) is 9.53 Å². The van der Waals surface area contributed by atoms with Crippen LogP contribution in [-0.4, -0.2) is 42.9 Å². The third-order valence-electron chi connectivity index (χ3n) is 2.61. The quantitative estimate of drug-likeness (QED) is 0.469. The van der Waals surface area contributed by atoms with E-state index in [2.05, 4.69) is 17.2 Å². The molecule has 0 aliphatic carbocycles.